The lowest BCUT2D eigenvalue weighted by atomic mass is 9.31. The zero-order valence-corrected chi connectivity index (χ0v) is 29.0. The summed E-state index contributed by atoms with van der Waals surface area (Å²) in [5, 5.41) is 11.2. The Kier molecular flexibility index (Phi) is 5.84. The van der Waals surface area contributed by atoms with Crippen molar-refractivity contribution in [2.75, 3.05) is 6.61 Å². The highest BCUT2D eigenvalue weighted by atomic mass is 16.5. The van der Waals surface area contributed by atoms with Crippen LogP contribution in [0.5, 0.6) is 0 Å². The molecule has 5 heteroatoms. The lowest BCUT2D eigenvalue weighted by molar-refractivity contribution is -0.233. The van der Waals surface area contributed by atoms with Gasteiger partial charge in [0.2, 0.25) is 0 Å². The van der Waals surface area contributed by atoms with Gasteiger partial charge in [-0.2, -0.15) is 0 Å². The highest BCUT2D eigenvalue weighted by Gasteiger charge is 2.73. The van der Waals surface area contributed by atoms with Crippen LogP contribution in [0.1, 0.15) is 117 Å². The number of benzene rings is 1. The molecule has 6 aliphatic rings. The molecule has 242 valence electrons. The second-order valence-corrected chi connectivity index (χ2v) is 18.9. The van der Waals surface area contributed by atoms with E-state index in [0.717, 1.165) is 43.7 Å². The lowest BCUT2D eigenvalue weighted by Gasteiger charge is -2.72. The summed E-state index contributed by atoms with van der Waals surface area (Å²) in [7, 11) is 0. The monoisotopic (exact) mass is 608 g/mol. The Balaban J connectivity index is 1.04. The van der Waals surface area contributed by atoms with Crippen molar-refractivity contribution in [2.45, 2.75) is 131 Å². The third-order valence-corrected chi connectivity index (χ3v) is 16.5. The molecule has 4 saturated carbocycles. The molecule has 1 aromatic carbocycles. The van der Waals surface area contributed by atoms with Gasteiger partial charge in [0.15, 0.2) is 0 Å². The fourth-order valence-electron chi connectivity index (χ4n) is 14.2. The van der Waals surface area contributed by atoms with Gasteiger partial charge < -0.3 is 9.72 Å². The first-order valence-electron chi connectivity index (χ1n) is 18.4. The quantitative estimate of drug-likeness (QED) is 0.323. The normalized spacial score (nSPS) is 44.0. The molecule has 0 spiro atoms. The molecule has 3 aromatic rings. The summed E-state index contributed by atoms with van der Waals surface area (Å²) >= 11 is 0. The van der Waals surface area contributed by atoms with Crippen LogP contribution in [0.2, 0.25) is 0 Å². The first-order valence-corrected chi connectivity index (χ1v) is 18.4. The maximum Gasteiger partial charge on any atom is 0.0870 e. The topological polar surface area (TPSA) is 55.7 Å². The predicted octanol–water partition coefficient (Wildman–Crippen LogP) is 8.91. The number of aromatic amines is 1. The van der Waals surface area contributed by atoms with Crippen LogP contribution in [0.4, 0.5) is 0 Å². The number of ether oxygens (including phenoxy) is 1. The van der Waals surface area contributed by atoms with E-state index in [0.29, 0.717) is 33.7 Å². The summed E-state index contributed by atoms with van der Waals surface area (Å²) in [6.45, 7) is 20.2. The Morgan fingerprint density at radius 1 is 0.889 bits per heavy atom. The third kappa shape index (κ3) is 3.55. The van der Waals surface area contributed by atoms with E-state index in [1.54, 1.807) is 0 Å². The van der Waals surface area contributed by atoms with Crippen LogP contribution in [0.15, 0.2) is 30.5 Å². The molecule has 0 radical (unpaired) electrons. The van der Waals surface area contributed by atoms with E-state index >= 15 is 0 Å². The molecule has 9 rings (SSSR count). The SMILES string of the molecule is CC1(C)CC[C@]23CC[C@]4(C)[C@H](CC[C@@H]5[C@@]6(C)Cc7nnn(CCc8c[nH]c9ccccc89)c7C(C)(C)[C@@H]6CC[C@]54C)[C@H]2[C@H]1OC3. The molecule has 2 aromatic heterocycles. The van der Waals surface area contributed by atoms with E-state index in [-0.39, 0.29) is 10.8 Å². The van der Waals surface area contributed by atoms with Gasteiger partial charge in [-0.15, -0.1) is 5.10 Å². The summed E-state index contributed by atoms with van der Waals surface area (Å²) in [6, 6.07) is 8.66. The highest BCUT2D eigenvalue weighted by Crippen LogP contribution is 2.77. The third-order valence-electron chi connectivity index (χ3n) is 16.5. The maximum absolute atomic E-state index is 6.81. The zero-order chi connectivity index (χ0) is 31.2. The number of para-hydroxylation sites is 1. The minimum absolute atomic E-state index is 0.0576. The summed E-state index contributed by atoms with van der Waals surface area (Å²) in [5.74, 6) is 2.95. The van der Waals surface area contributed by atoms with Gasteiger partial charge in [0.25, 0.3) is 0 Å². The van der Waals surface area contributed by atoms with E-state index in [9.17, 15) is 0 Å². The van der Waals surface area contributed by atoms with Crippen LogP contribution >= 0.6 is 0 Å². The minimum Gasteiger partial charge on any atom is -0.377 e. The Bertz CT molecular complexity index is 1670. The number of hydrogen-bond acceptors (Lipinski definition) is 3. The summed E-state index contributed by atoms with van der Waals surface area (Å²) < 4.78 is 9.11. The number of nitrogens with zero attached hydrogens (tertiary/aromatic N) is 3. The molecule has 3 heterocycles. The predicted molar refractivity (Wildman–Crippen MR) is 180 cm³/mol. The maximum atomic E-state index is 6.81. The van der Waals surface area contributed by atoms with Crippen LogP contribution in [-0.2, 0) is 29.5 Å². The van der Waals surface area contributed by atoms with Crippen LogP contribution in [0, 0.1) is 50.7 Å². The number of rotatable bonds is 3. The van der Waals surface area contributed by atoms with E-state index in [4.69, 9.17) is 15.0 Å². The number of aryl methyl sites for hydroxylation is 2. The van der Waals surface area contributed by atoms with Gasteiger partial charge in [0, 0.05) is 29.1 Å². The largest absolute Gasteiger partial charge is 0.377 e. The molecule has 1 saturated heterocycles. The molecule has 5 aliphatic carbocycles. The molecule has 1 aliphatic heterocycles. The van der Waals surface area contributed by atoms with Crippen molar-refractivity contribution in [3.63, 3.8) is 0 Å². The molecule has 1 N–H and O–H groups in total. The van der Waals surface area contributed by atoms with Crippen LogP contribution in [0.3, 0.4) is 0 Å². The Labute approximate surface area is 270 Å². The molecule has 2 bridgehead atoms. The van der Waals surface area contributed by atoms with Crippen LogP contribution < -0.4 is 0 Å². The van der Waals surface area contributed by atoms with Gasteiger partial charge in [-0.25, -0.2) is 4.68 Å². The first-order chi connectivity index (χ1) is 21.3. The second-order valence-electron chi connectivity index (χ2n) is 18.9. The van der Waals surface area contributed by atoms with Crippen molar-refractivity contribution in [1.29, 1.82) is 0 Å². The van der Waals surface area contributed by atoms with E-state index in [1.807, 2.05) is 0 Å². The van der Waals surface area contributed by atoms with Gasteiger partial charge in [-0.05, 0) is 127 Å². The van der Waals surface area contributed by atoms with Gasteiger partial charge >= 0.3 is 0 Å². The lowest BCUT2D eigenvalue weighted by Crippen LogP contribution is -2.67. The number of nitrogens with one attached hydrogen (secondary N) is 1. The molecule has 0 amide bonds. The van der Waals surface area contributed by atoms with Crippen LogP contribution in [0.25, 0.3) is 10.9 Å². The fourth-order valence-corrected chi connectivity index (χ4v) is 14.2. The second kappa shape index (κ2) is 9.05. The highest BCUT2D eigenvalue weighted by molar-refractivity contribution is 5.83. The Morgan fingerprint density at radius 2 is 1.69 bits per heavy atom. The van der Waals surface area contributed by atoms with Gasteiger partial charge in [-0.3, -0.25) is 0 Å². The summed E-state index contributed by atoms with van der Waals surface area (Å²) in [6.07, 6.45) is 15.7. The van der Waals surface area contributed by atoms with E-state index in [2.05, 4.69) is 88.6 Å². The van der Waals surface area contributed by atoms with Crippen molar-refractivity contribution in [3.05, 3.63) is 47.4 Å². The van der Waals surface area contributed by atoms with Crippen molar-refractivity contribution < 1.29 is 4.74 Å². The minimum atomic E-state index is 0.0576. The average Bonchev–Trinajstić information content (AvgIpc) is 3.69. The average molecular weight is 609 g/mol. The van der Waals surface area contributed by atoms with Gasteiger partial charge in [0.05, 0.1) is 24.1 Å². The standard InChI is InChI=1S/C40H56N4O/c1-35(2)17-19-40-20-18-38(6)27(32(40)34(35)45-24-40)12-13-31-37(5)22-29-33(36(3,4)30(37)14-16-39(31,38)7)44(43-42-29)21-15-25-23-41-28-11-9-8-10-26(25)28/h8-11,23,27,30-32,34,41H,12-22,24H2,1-7H3/t27-,30+,31-,32+,34-,37+,38-,39-,40-/m1/s1. The number of hydrogen-bond donors (Lipinski definition) is 1. The number of H-pyrrole nitrogens is 1. The molecule has 5 nitrogen and oxygen atoms in total. The fraction of sp³-hybridized carbons (Fsp3) is 0.750. The molecule has 5 fully saturated rings. The molecular formula is C40H56N4O. The smallest absolute Gasteiger partial charge is 0.0870 e. The molecular weight excluding hydrogens is 552 g/mol. The Hall–Kier alpha value is -2.14. The van der Waals surface area contributed by atoms with Crippen molar-refractivity contribution >= 4 is 10.9 Å². The van der Waals surface area contributed by atoms with Gasteiger partial charge in [-0.1, -0.05) is 71.9 Å². The van der Waals surface area contributed by atoms with Crippen molar-refractivity contribution in [1.82, 2.24) is 20.0 Å². The molecule has 0 unspecified atom stereocenters. The first kappa shape index (κ1) is 29.0. The number of fused-ring (bicyclic) bond motifs is 7. The summed E-state index contributed by atoms with van der Waals surface area (Å²) in [4.78, 5) is 3.47. The van der Waals surface area contributed by atoms with E-state index < -0.39 is 0 Å². The van der Waals surface area contributed by atoms with Crippen molar-refractivity contribution in [2.24, 2.45) is 50.7 Å². The molecule has 9 atom stereocenters. The van der Waals surface area contributed by atoms with E-state index in [1.165, 1.54) is 79.2 Å². The van der Waals surface area contributed by atoms with Crippen LogP contribution in [-0.4, -0.2) is 32.7 Å². The van der Waals surface area contributed by atoms with Crippen molar-refractivity contribution in [3.8, 4) is 0 Å². The molecule has 45 heavy (non-hydrogen) atoms. The number of aromatic nitrogens is 4. The Morgan fingerprint density at radius 3 is 2.53 bits per heavy atom. The summed E-state index contributed by atoms with van der Waals surface area (Å²) in [5.41, 5.74) is 7.15. The zero-order valence-electron chi connectivity index (χ0n) is 29.0. The van der Waals surface area contributed by atoms with Gasteiger partial charge in [0.1, 0.15) is 0 Å².